The van der Waals surface area contributed by atoms with E-state index in [-0.39, 0.29) is 6.61 Å². The second-order valence-electron chi connectivity index (χ2n) is 3.11. The minimum atomic E-state index is -5.23. The second-order valence-corrected chi connectivity index (χ2v) is 3.11. The summed E-state index contributed by atoms with van der Waals surface area (Å²) in [5.41, 5.74) is -1.54. The molecule has 1 aromatic rings. The van der Waals surface area contributed by atoms with Crippen molar-refractivity contribution in [2.45, 2.75) is 19.5 Å². The van der Waals surface area contributed by atoms with Gasteiger partial charge >= 0.3 is 12.5 Å². The van der Waals surface area contributed by atoms with Crippen molar-refractivity contribution in [3.05, 3.63) is 23.8 Å². The number of para-hydroxylation sites is 1. The average molecular weight is 274 g/mol. The van der Waals surface area contributed by atoms with Crippen molar-refractivity contribution in [2.75, 3.05) is 6.61 Å². The summed E-state index contributed by atoms with van der Waals surface area (Å²) in [6.07, 6.45) is -10.2. The Balaban J connectivity index is 3.30. The second kappa shape index (κ2) is 4.95. The molecule has 0 bridgehead atoms. The smallest absolute Gasteiger partial charge is 0.490 e. The van der Waals surface area contributed by atoms with Crippen molar-refractivity contribution < 1.29 is 35.8 Å². The molecule has 0 aliphatic carbocycles. The van der Waals surface area contributed by atoms with E-state index >= 15 is 0 Å². The van der Waals surface area contributed by atoms with Gasteiger partial charge in [0.1, 0.15) is 5.56 Å². The van der Waals surface area contributed by atoms with Crippen LogP contribution in [0.15, 0.2) is 18.2 Å². The molecular weight excluding hydrogens is 266 g/mol. The Kier molecular flexibility index (Phi) is 3.98. The van der Waals surface area contributed by atoms with E-state index in [1.165, 1.54) is 6.92 Å². The minimum absolute atomic E-state index is 0.0878. The molecule has 0 amide bonds. The van der Waals surface area contributed by atoms with E-state index in [1.54, 1.807) is 0 Å². The zero-order valence-electron chi connectivity index (χ0n) is 9.02. The Morgan fingerprint density at radius 3 is 2.11 bits per heavy atom. The predicted molar refractivity (Wildman–Crippen MR) is 49.3 cm³/mol. The first-order valence-electron chi connectivity index (χ1n) is 4.74. The van der Waals surface area contributed by atoms with Gasteiger partial charge in [0.2, 0.25) is 0 Å². The Morgan fingerprint density at radius 1 is 1.06 bits per heavy atom. The zero-order chi connectivity index (χ0) is 14.0. The van der Waals surface area contributed by atoms with Crippen molar-refractivity contribution in [2.24, 2.45) is 0 Å². The fourth-order valence-electron chi connectivity index (χ4n) is 1.23. The molecule has 0 atom stereocenters. The van der Waals surface area contributed by atoms with E-state index in [2.05, 4.69) is 4.74 Å². The van der Waals surface area contributed by atoms with Gasteiger partial charge in [0.15, 0.2) is 11.5 Å². The minimum Gasteiger partial charge on any atom is -0.490 e. The molecule has 0 unspecified atom stereocenters. The third-order valence-electron chi connectivity index (χ3n) is 1.80. The molecular formula is C10H8F6O2. The first-order chi connectivity index (χ1) is 8.15. The molecule has 8 heteroatoms. The summed E-state index contributed by atoms with van der Waals surface area (Å²) in [5, 5.41) is 0. The van der Waals surface area contributed by atoms with E-state index in [1.807, 2.05) is 0 Å². The molecule has 0 spiro atoms. The van der Waals surface area contributed by atoms with Crippen LogP contribution in [0, 0.1) is 0 Å². The highest BCUT2D eigenvalue weighted by Crippen LogP contribution is 2.43. The topological polar surface area (TPSA) is 18.5 Å². The molecule has 2 nitrogen and oxygen atoms in total. The lowest BCUT2D eigenvalue weighted by molar-refractivity contribution is -0.276. The molecule has 1 aromatic carbocycles. The first-order valence-corrected chi connectivity index (χ1v) is 4.74. The van der Waals surface area contributed by atoms with Gasteiger partial charge in [-0.3, -0.25) is 0 Å². The van der Waals surface area contributed by atoms with Gasteiger partial charge in [-0.15, -0.1) is 13.2 Å². The summed E-state index contributed by atoms with van der Waals surface area (Å²) in [6.45, 7) is 1.34. The molecule has 0 heterocycles. The Bertz CT molecular complexity index is 410. The Labute approximate surface area is 98.1 Å². The zero-order valence-corrected chi connectivity index (χ0v) is 9.02. The van der Waals surface area contributed by atoms with Crippen LogP contribution in [-0.2, 0) is 6.18 Å². The van der Waals surface area contributed by atoms with Crippen molar-refractivity contribution in [3.8, 4) is 11.5 Å². The van der Waals surface area contributed by atoms with Crippen molar-refractivity contribution >= 4 is 0 Å². The molecule has 0 aliphatic heterocycles. The van der Waals surface area contributed by atoms with Gasteiger partial charge < -0.3 is 9.47 Å². The highest BCUT2D eigenvalue weighted by atomic mass is 19.4. The highest BCUT2D eigenvalue weighted by Gasteiger charge is 2.41. The van der Waals surface area contributed by atoms with Crippen LogP contribution in [0.1, 0.15) is 12.5 Å². The molecule has 18 heavy (non-hydrogen) atoms. The number of benzene rings is 1. The number of hydrogen-bond donors (Lipinski definition) is 0. The summed E-state index contributed by atoms with van der Waals surface area (Å²) in [6, 6.07) is 2.40. The van der Waals surface area contributed by atoms with E-state index in [0.29, 0.717) is 6.07 Å². The molecule has 0 N–H and O–H groups in total. The van der Waals surface area contributed by atoms with E-state index in [0.717, 1.165) is 12.1 Å². The van der Waals surface area contributed by atoms with Crippen molar-refractivity contribution in [1.82, 2.24) is 0 Å². The van der Waals surface area contributed by atoms with Crippen LogP contribution in [0.3, 0.4) is 0 Å². The lowest BCUT2D eigenvalue weighted by atomic mass is 10.2. The maximum atomic E-state index is 12.5. The van der Waals surface area contributed by atoms with Crippen LogP contribution >= 0.6 is 0 Å². The third kappa shape index (κ3) is 3.71. The van der Waals surface area contributed by atoms with Gasteiger partial charge in [-0.25, -0.2) is 0 Å². The Morgan fingerprint density at radius 2 is 1.67 bits per heavy atom. The summed E-state index contributed by atoms with van der Waals surface area (Å²) < 4.78 is 82.0. The summed E-state index contributed by atoms with van der Waals surface area (Å²) in [4.78, 5) is 0. The normalized spacial score (nSPS) is 12.4. The third-order valence-corrected chi connectivity index (χ3v) is 1.80. The van der Waals surface area contributed by atoms with Crippen LogP contribution < -0.4 is 9.47 Å². The lowest BCUT2D eigenvalue weighted by Crippen LogP contribution is -2.21. The maximum Gasteiger partial charge on any atom is 0.573 e. The maximum absolute atomic E-state index is 12.5. The molecule has 0 saturated heterocycles. The van der Waals surface area contributed by atoms with E-state index in [4.69, 9.17) is 4.74 Å². The van der Waals surface area contributed by atoms with Crippen LogP contribution in [0.2, 0.25) is 0 Å². The molecule has 0 saturated carbocycles. The largest absolute Gasteiger partial charge is 0.573 e. The van der Waals surface area contributed by atoms with Crippen LogP contribution in [0.5, 0.6) is 11.5 Å². The number of alkyl halides is 6. The van der Waals surface area contributed by atoms with Crippen LogP contribution in [-0.4, -0.2) is 13.0 Å². The van der Waals surface area contributed by atoms with Gasteiger partial charge in [0, 0.05) is 0 Å². The first kappa shape index (κ1) is 14.5. The molecule has 0 radical (unpaired) electrons. The quantitative estimate of drug-likeness (QED) is 0.775. The van der Waals surface area contributed by atoms with Crippen LogP contribution in [0.4, 0.5) is 26.3 Å². The van der Waals surface area contributed by atoms with Gasteiger partial charge in [-0.2, -0.15) is 13.2 Å². The number of rotatable bonds is 3. The Hall–Kier alpha value is -1.60. The monoisotopic (exact) mass is 274 g/mol. The molecule has 1 rings (SSSR count). The number of hydrogen-bond acceptors (Lipinski definition) is 2. The van der Waals surface area contributed by atoms with Crippen molar-refractivity contribution in [3.63, 3.8) is 0 Å². The van der Waals surface area contributed by atoms with E-state index < -0.39 is 29.6 Å². The van der Waals surface area contributed by atoms with Crippen molar-refractivity contribution in [1.29, 1.82) is 0 Å². The standard InChI is InChI=1S/C10H8F6O2/c1-2-17-7-5-3-4-6(9(11,12)13)8(7)18-10(14,15)16/h3-5H,2H2,1H3. The highest BCUT2D eigenvalue weighted by molar-refractivity contribution is 5.48. The predicted octanol–water partition coefficient (Wildman–Crippen LogP) is 4.00. The van der Waals surface area contributed by atoms with E-state index in [9.17, 15) is 26.3 Å². The molecule has 102 valence electrons. The summed E-state index contributed by atoms with van der Waals surface area (Å²) >= 11 is 0. The lowest BCUT2D eigenvalue weighted by Gasteiger charge is -2.18. The van der Waals surface area contributed by atoms with Gasteiger partial charge in [0.25, 0.3) is 0 Å². The molecule has 0 fully saturated rings. The van der Waals surface area contributed by atoms with Gasteiger partial charge in [0.05, 0.1) is 6.61 Å². The summed E-state index contributed by atoms with van der Waals surface area (Å²) in [5.74, 6) is -1.98. The number of ether oxygens (including phenoxy) is 2. The average Bonchev–Trinajstić information content (AvgIpc) is 2.17. The fraction of sp³-hybridized carbons (Fsp3) is 0.400. The fourth-order valence-corrected chi connectivity index (χ4v) is 1.23. The molecule has 0 aromatic heterocycles. The van der Waals surface area contributed by atoms with Crippen LogP contribution in [0.25, 0.3) is 0 Å². The van der Waals surface area contributed by atoms with Gasteiger partial charge in [-0.05, 0) is 19.1 Å². The number of halogens is 6. The SMILES string of the molecule is CCOc1cccc(C(F)(F)F)c1OC(F)(F)F. The van der Waals surface area contributed by atoms with Gasteiger partial charge in [-0.1, -0.05) is 6.07 Å². The molecule has 0 aliphatic rings. The summed E-state index contributed by atoms with van der Waals surface area (Å²) in [7, 11) is 0.